The van der Waals surface area contributed by atoms with E-state index < -0.39 is 0 Å². The molecule has 0 aromatic heterocycles. The summed E-state index contributed by atoms with van der Waals surface area (Å²) in [6.45, 7) is 4.07. The molecule has 0 radical (unpaired) electrons. The topological polar surface area (TPSA) is 73.4 Å². The van der Waals surface area contributed by atoms with Gasteiger partial charge < -0.3 is 4.90 Å². The minimum Gasteiger partial charge on any atom is -0.363 e. The van der Waals surface area contributed by atoms with Crippen LogP contribution in [0, 0.1) is 21.4 Å². The number of hydrogen-bond acceptors (Lipinski definition) is 5. The minimum atomic E-state index is -0.321. The van der Waals surface area contributed by atoms with Gasteiger partial charge in [0.1, 0.15) is 5.69 Å². The highest BCUT2D eigenvalue weighted by atomic mass is 16.6. The second-order valence-corrected chi connectivity index (χ2v) is 5.82. The molecule has 1 aliphatic heterocycles. The molecule has 24 heavy (non-hydrogen) atoms. The Bertz CT molecular complexity index is 759. The molecular weight excluding hydrogens is 304 g/mol. The fourth-order valence-corrected chi connectivity index (χ4v) is 2.98. The molecule has 0 N–H and O–H groups in total. The van der Waals surface area contributed by atoms with Gasteiger partial charge in [-0.2, -0.15) is 5.26 Å². The molecule has 1 aliphatic rings. The lowest BCUT2D eigenvalue weighted by atomic mass is 10.1. The molecule has 0 unspecified atom stereocenters. The zero-order valence-electron chi connectivity index (χ0n) is 13.3. The molecule has 0 atom stereocenters. The van der Waals surface area contributed by atoms with Crippen LogP contribution in [0.15, 0.2) is 48.5 Å². The average Bonchev–Trinajstić information content (AvgIpc) is 2.63. The first kappa shape index (κ1) is 16.0. The molecule has 2 aromatic carbocycles. The first-order chi connectivity index (χ1) is 11.7. The van der Waals surface area contributed by atoms with Crippen LogP contribution in [-0.2, 0) is 6.54 Å². The van der Waals surface area contributed by atoms with Crippen molar-refractivity contribution >= 4 is 11.4 Å². The van der Waals surface area contributed by atoms with Gasteiger partial charge in [-0.1, -0.05) is 24.3 Å². The Hall–Kier alpha value is -2.91. The maximum absolute atomic E-state index is 11.2. The molecule has 6 heteroatoms. The van der Waals surface area contributed by atoms with Gasteiger partial charge in [0, 0.05) is 38.8 Å². The van der Waals surface area contributed by atoms with Crippen molar-refractivity contribution in [1.82, 2.24) is 4.90 Å². The van der Waals surface area contributed by atoms with Crippen LogP contribution >= 0.6 is 0 Å². The molecule has 6 nitrogen and oxygen atoms in total. The summed E-state index contributed by atoms with van der Waals surface area (Å²) in [6.07, 6.45) is 0. The van der Waals surface area contributed by atoms with Crippen molar-refractivity contribution in [2.24, 2.45) is 0 Å². The van der Waals surface area contributed by atoms with E-state index in [1.807, 2.05) is 36.4 Å². The maximum atomic E-state index is 11.2. The van der Waals surface area contributed by atoms with Gasteiger partial charge in [0.25, 0.3) is 5.69 Å². The maximum Gasteiger partial charge on any atom is 0.292 e. The first-order valence-electron chi connectivity index (χ1n) is 7.87. The fourth-order valence-electron chi connectivity index (χ4n) is 2.98. The molecule has 1 fully saturated rings. The molecule has 0 spiro atoms. The summed E-state index contributed by atoms with van der Waals surface area (Å²) in [5.41, 5.74) is 2.70. The van der Waals surface area contributed by atoms with Crippen LogP contribution < -0.4 is 4.90 Å². The van der Waals surface area contributed by atoms with E-state index in [2.05, 4.69) is 15.9 Å². The number of nitro benzene ring substituents is 1. The van der Waals surface area contributed by atoms with Crippen molar-refractivity contribution < 1.29 is 4.92 Å². The number of hydrogen-bond donors (Lipinski definition) is 0. The third-order valence-corrected chi connectivity index (χ3v) is 4.28. The van der Waals surface area contributed by atoms with E-state index in [1.54, 1.807) is 12.1 Å². The lowest BCUT2D eigenvalue weighted by Crippen LogP contribution is -2.46. The van der Waals surface area contributed by atoms with Crippen molar-refractivity contribution in [3.63, 3.8) is 0 Å². The number of rotatable bonds is 4. The zero-order chi connectivity index (χ0) is 16.9. The first-order valence-corrected chi connectivity index (χ1v) is 7.87. The Morgan fingerprint density at radius 2 is 1.71 bits per heavy atom. The quantitative estimate of drug-likeness (QED) is 0.639. The van der Waals surface area contributed by atoms with Crippen LogP contribution in [0.4, 0.5) is 11.4 Å². The van der Waals surface area contributed by atoms with Crippen molar-refractivity contribution in [2.45, 2.75) is 6.54 Å². The van der Waals surface area contributed by atoms with Gasteiger partial charge in [-0.25, -0.2) is 0 Å². The average molecular weight is 322 g/mol. The molecular formula is C18H18N4O2. The molecule has 1 heterocycles. The Labute approximate surface area is 140 Å². The van der Waals surface area contributed by atoms with Gasteiger partial charge in [-0.15, -0.1) is 0 Å². The van der Waals surface area contributed by atoms with Crippen molar-refractivity contribution in [3.8, 4) is 6.07 Å². The number of piperazine rings is 1. The Balaban J connectivity index is 1.62. The van der Waals surface area contributed by atoms with Crippen molar-refractivity contribution in [1.29, 1.82) is 5.26 Å². The summed E-state index contributed by atoms with van der Waals surface area (Å²) in [6, 6.07) is 16.6. The highest BCUT2D eigenvalue weighted by molar-refractivity contribution is 5.63. The number of nitrogens with zero attached hydrogens (tertiary/aromatic N) is 4. The molecule has 0 saturated carbocycles. The highest BCUT2D eigenvalue weighted by Crippen LogP contribution is 2.28. The van der Waals surface area contributed by atoms with Gasteiger partial charge in [0.05, 0.1) is 16.6 Å². The smallest absolute Gasteiger partial charge is 0.292 e. The molecule has 3 rings (SSSR count). The van der Waals surface area contributed by atoms with E-state index in [1.165, 1.54) is 5.56 Å². The van der Waals surface area contributed by atoms with Gasteiger partial charge >= 0.3 is 0 Å². The molecule has 2 aromatic rings. The third kappa shape index (κ3) is 3.53. The second kappa shape index (κ2) is 7.11. The normalized spacial score (nSPS) is 15.0. The van der Waals surface area contributed by atoms with E-state index >= 15 is 0 Å². The predicted molar refractivity (Wildman–Crippen MR) is 91.7 cm³/mol. The van der Waals surface area contributed by atoms with Crippen LogP contribution in [0.25, 0.3) is 0 Å². The molecule has 122 valence electrons. The van der Waals surface area contributed by atoms with Crippen LogP contribution in [-0.4, -0.2) is 36.0 Å². The van der Waals surface area contributed by atoms with Crippen molar-refractivity contribution in [2.75, 3.05) is 31.1 Å². The van der Waals surface area contributed by atoms with E-state index in [9.17, 15) is 10.1 Å². The van der Waals surface area contributed by atoms with Crippen LogP contribution in [0.5, 0.6) is 0 Å². The fraction of sp³-hybridized carbons (Fsp3) is 0.278. The lowest BCUT2D eigenvalue weighted by molar-refractivity contribution is -0.384. The van der Waals surface area contributed by atoms with E-state index in [-0.39, 0.29) is 10.6 Å². The van der Waals surface area contributed by atoms with Gasteiger partial charge in [-0.05, 0) is 23.8 Å². The standard InChI is InChI=1S/C18H18N4O2/c19-13-15-5-7-16(8-6-15)14-20-9-11-21(12-10-20)17-3-1-2-4-18(17)22(23)24/h1-8H,9-12,14H2. The van der Waals surface area contributed by atoms with E-state index in [4.69, 9.17) is 5.26 Å². The van der Waals surface area contributed by atoms with Gasteiger partial charge in [0.2, 0.25) is 0 Å². The summed E-state index contributed by atoms with van der Waals surface area (Å²) in [5.74, 6) is 0. The summed E-state index contributed by atoms with van der Waals surface area (Å²) in [5, 5.41) is 20.0. The number of anilines is 1. The van der Waals surface area contributed by atoms with Gasteiger partial charge in [0.15, 0.2) is 0 Å². The number of para-hydroxylation sites is 2. The summed E-state index contributed by atoms with van der Waals surface area (Å²) < 4.78 is 0. The monoisotopic (exact) mass is 322 g/mol. The number of benzene rings is 2. The molecule has 0 bridgehead atoms. The van der Waals surface area contributed by atoms with E-state index in [0.717, 1.165) is 32.7 Å². The molecule has 0 aliphatic carbocycles. The summed E-state index contributed by atoms with van der Waals surface area (Å²) in [4.78, 5) is 15.2. The SMILES string of the molecule is N#Cc1ccc(CN2CCN(c3ccccc3[N+](=O)[O-])CC2)cc1. The highest BCUT2D eigenvalue weighted by Gasteiger charge is 2.23. The summed E-state index contributed by atoms with van der Waals surface area (Å²) >= 11 is 0. The number of nitro groups is 1. The lowest BCUT2D eigenvalue weighted by Gasteiger charge is -2.35. The van der Waals surface area contributed by atoms with Gasteiger partial charge in [-0.3, -0.25) is 15.0 Å². The minimum absolute atomic E-state index is 0.165. The van der Waals surface area contributed by atoms with Crippen LogP contribution in [0.2, 0.25) is 0 Å². The zero-order valence-corrected chi connectivity index (χ0v) is 13.3. The van der Waals surface area contributed by atoms with E-state index in [0.29, 0.717) is 11.3 Å². The Morgan fingerprint density at radius 3 is 2.33 bits per heavy atom. The predicted octanol–water partition coefficient (Wildman–Crippen LogP) is 2.79. The largest absolute Gasteiger partial charge is 0.363 e. The third-order valence-electron chi connectivity index (χ3n) is 4.28. The van der Waals surface area contributed by atoms with Crippen molar-refractivity contribution in [3.05, 3.63) is 69.8 Å². The number of nitriles is 1. The Kier molecular flexibility index (Phi) is 4.73. The summed E-state index contributed by atoms with van der Waals surface area (Å²) in [7, 11) is 0. The molecule has 1 saturated heterocycles. The Morgan fingerprint density at radius 1 is 1.04 bits per heavy atom. The molecule has 0 amide bonds. The van der Waals surface area contributed by atoms with Crippen LogP contribution in [0.1, 0.15) is 11.1 Å². The second-order valence-electron chi connectivity index (χ2n) is 5.82. The van der Waals surface area contributed by atoms with Crippen LogP contribution in [0.3, 0.4) is 0 Å².